The second-order valence-electron chi connectivity index (χ2n) is 4.85. The van der Waals surface area contributed by atoms with E-state index in [0.29, 0.717) is 11.2 Å². The smallest absolute Gasteiger partial charge is 0.317 e. The average Bonchev–Trinajstić information content (AvgIpc) is 3.00. The third-order valence-electron chi connectivity index (χ3n) is 3.24. The Kier molecular flexibility index (Phi) is 4.87. The number of furan rings is 1. The molecule has 1 aromatic heterocycles. The molecular weight excluding hydrogens is 312 g/mol. The zero-order chi connectivity index (χ0) is 13.8. The van der Waals surface area contributed by atoms with Gasteiger partial charge in [0.05, 0.1) is 18.7 Å². The Labute approximate surface area is 121 Å². The summed E-state index contributed by atoms with van der Waals surface area (Å²) in [7, 11) is 1.74. The van der Waals surface area contributed by atoms with Gasteiger partial charge in [0, 0.05) is 13.7 Å². The summed E-state index contributed by atoms with van der Waals surface area (Å²) in [6.45, 7) is 3.21. The summed E-state index contributed by atoms with van der Waals surface area (Å²) in [6.07, 6.45) is 2.22. The summed E-state index contributed by atoms with van der Waals surface area (Å²) in [6, 6.07) is 3.57. The van der Waals surface area contributed by atoms with Gasteiger partial charge in [0.2, 0.25) is 0 Å². The van der Waals surface area contributed by atoms with Crippen molar-refractivity contribution in [1.29, 1.82) is 0 Å². The predicted molar refractivity (Wildman–Crippen MR) is 74.8 cm³/mol. The number of nitrogens with one attached hydrogen (secondary N) is 1. The van der Waals surface area contributed by atoms with Crippen LogP contribution in [0.3, 0.4) is 0 Å². The lowest BCUT2D eigenvalue weighted by Gasteiger charge is -2.23. The fourth-order valence-electron chi connectivity index (χ4n) is 2.14. The Morgan fingerprint density at radius 2 is 2.42 bits per heavy atom. The highest BCUT2D eigenvalue weighted by Gasteiger charge is 2.24. The van der Waals surface area contributed by atoms with E-state index in [-0.39, 0.29) is 18.2 Å². The number of ether oxygens (including phenoxy) is 1. The highest BCUT2D eigenvalue weighted by Crippen LogP contribution is 2.17. The van der Waals surface area contributed by atoms with Crippen LogP contribution >= 0.6 is 15.9 Å². The number of halogens is 1. The lowest BCUT2D eigenvalue weighted by molar-refractivity contribution is 0.0836. The molecule has 5 nitrogen and oxygen atoms in total. The molecule has 0 aromatic carbocycles. The van der Waals surface area contributed by atoms with E-state index in [4.69, 9.17) is 9.15 Å². The van der Waals surface area contributed by atoms with Gasteiger partial charge in [0.15, 0.2) is 4.67 Å². The molecule has 1 aliphatic heterocycles. The van der Waals surface area contributed by atoms with Gasteiger partial charge in [-0.2, -0.15) is 0 Å². The molecule has 0 spiro atoms. The molecule has 106 valence electrons. The van der Waals surface area contributed by atoms with Crippen molar-refractivity contribution < 1.29 is 13.9 Å². The number of amides is 2. The molecule has 0 radical (unpaired) electrons. The Morgan fingerprint density at radius 1 is 1.63 bits per heavy atom. The van der Waals surface area contributed by atoms with Crippen LogP contribution in [0.2, 0.25) is 0 Å². The molecule has 2 rings (SSSR count). The van der Waals surface area contributed by atoms with Gasteiger partial charge in [0.1, 0.15) is 5.76 Å². The predicted octanol–water partition coefficient (Wildman–Crippen LogP) is 2.75. The number of carbonyl (C=O) groups excluding carboxylic acids is 1. The van der Waals surface area contributed by atoms with Crippen molar-refractivity contribution >= 4 is 22.0 Å². The zero-order valence-corrected chi connectivity index (χ0v) is 12.8. The maximum Gasteiger partial charge on any atom is 0.317 e. The molecule has 6 heteroatoms. The van der Waals surface area contributed by atoms with Crippen molar-refractivity contribution in [1.82, 2.24) is 10.2 Å². The topological polar surface area (TPSA) is 54.7 Å². The summed E-state index contributed by atoms with van der Waals surface area (Å²) in [4.78, 5) is 13.6. The van der Waals surface area contributed by atoms with Crippen LogP contribution < -0.4 is 5.32 Å². The monoisotopic (exact) mass is 330 g/mol. The van der Waals surface area contributed by atoms with Gasteiger partial charge < -0.3 is 19.4 Å². The molecule has 1 aliphatic rings. The summed E-state index contributed by atoms with van der Waals surface area (Å²) in [5.41, 5.74) is 0. The van der Waals surface area contributed by atoms with Gasteiger partial charge in [-0.1, -0.05) is 0 Å². The SMILES string of the molecule is C[C@@H](NC(=O)N(C)Cc1ccc(Br)o1)[C@@H]1CCCO1. The highest BCUT2D eigenvalue weighted by atomic mass is 79.9. The minimum atomic E-state index is -0.115. The van der Waals surface area contributed by atoms with Crippen molar-refractivity contribution in [2.45, 2.75) is 38.5 Å². The standard InChI is InChI=1S/C13H19BrN2O3/c1-9(11-4-3-7-18-11)15-13(17)16(2)8-10-5-6-12(14)19-10/h5-6,9,11H,3-4,7-8H2,1-2H3,(H,15,17)/t9-,11+/m1/s1. The van der Waals surface area contributed by atoms with E-state index in [1.54, 1.807) is 11.9 Å². The van der Waals surface area contributed by atoms with Crippen molar-refractivity contribution in [2.24, 2.45) is 0 Å². The highest BCUT2D eigenvalue weighted by molar-refractivity contribution is 9.10. The number of rotatable bonds is 4. The number of carbonyl (C=O) groups is 1. The van der Waals surface area contributed by atoms with Gasteiger partial charge in [0.25, 0.3) is 0 Å². The molecule has 0 bridgehead atoms. The molecule has 2 amide bonds. The Hall–Kier alpha value is -1.01. The first-order chi connectivity index (χ1) is 9.06. The lowest BCUT2D eigenvalue weighted by atomic mass is 10.1. The van der Waals surface area contributed by atoms with Gasteiger partial charge >= 0.3 is 6.03 Å². The first-order valence-electron chi connectivity index (χ1n) is 6.43. The third kappa shape index (κ3) is 3.98. The largest absolute Gasteiger partial charge is 0.452 e. The van der Waals surface area contributed by atoms with Crippen LogP contribution in [0.4, 0.5) is 4.79 Å². The van der Waals surface area contributed by atoms with Crippen LogP contribution in [0.1, 0.15) is 25.5 Å². The van der Waals surface area contributed by atoms with Gasteiger partial charge in [-0.25, -0.2) is 4.79 Å². The van der Waals surface area contributed by atoms with Crippen LogP contribution in [0.5, 0.6) is 0 Å². The second kappa shape index (κ2) is 6.43. The van der Waals surface area contributed by atoms with Crippen LogP contribution in [-0.2, 0) is 11.3 Å². The van der Waals surface area contributed by atoms with Crippen LogP contribution in [0.25, 0.3) is 0 Å². The maximum atomic E-state index is 12.0. The van der Waals surface area contributed by atoms with Crippen molar-refractivity contribution in [3.05, 3.63) is 22.6 Å². The van der Waals surface area contributed by atoms with E-state index < -0.39 is 0 Å². The lowest BCUT2D eigenvalue weighted by Crippen LogP contribution is -2.46. The maximum absolute atomic E-state index is 12.0. The summed E-state index contributed by atoms with van der Waals surface area (Å²) in [5, 5.41) is 2.96. The molecule has 1 saturated heterocycles. The third-order valence-corrected chi connectivity index (χ3v) is 3.67. The molecule has 19 heavy (non-hydrogen) atoms. The van der Waals surface area contributed by atoms with E-state index in [1.165, 1.54) is 0 Å². The molecule has 2 heterocycles. The molecule has 1 N–H and O–H groups in total. The Balaban J connectivity index is 1.81. The summed E-state index contributed by atoms with van der Waals surface area (Å²) in [5.74, 6) is 0.745. The van der Waals surface area contributed by atoms with E-state index in [0.717, 1.165) is 25.2 Å². The van der Waals surface area contributed by atoms with E-state index in [2.05, 4.69) is 21.2 Å². The van der Waals surface area contributed by atoms with Crippen molar-refractivity contribution in [3.63, 3.8) is 0 Å². The quantitative estimate of drug-likeness (QED) is 0.923. The first-order valence-corrected chi connectivity index (χ1v) is 7.23. The molecule has 1 aromatic rings. The minimum Gasteiger partial charge on any atom is -0.452 e. The van der Waals surface area contributed by atoms with Gasteiger partial charge in [-0.05, 0) is 47.8 Å². The number of nitrogens with zero attached hydrogens (tertiary/aromatic N) is 1. The van der Waals surface area contributed by atoms with Crippen molar-refractivity contribution in [2.75, 3.05) is 13.7 Å². The molecule has 1 fully saturated rings. The van der Waals surface area contributed by atoms with Crippen LogP contribution in [0.15, 0.2) is 21.2 Å². The van der Waals surface area contributed by atoms with Crippen LogP contribution in [-0.4, -0.2) is 36.7 Å². The van der Waals surface area contributed by atoms with Gasteiger partial charge in [-0.15, -0.1) is 0 Å². The number of hydrogen-bond donors (Lipinski definition) is 1. The second-order valence-corrected chi connectivity index (χ2v) is 5.63. The van der Waals surface area contributed by atoms with Crippen molar-refractivity contribution in [3.8, 4) is 0 Å². The zero-order valence-electron chi connectivity index (χ0n) is 11.2. The number of urea groups is 1. The Morgan fingerprint density at radius 3 is 3.00 bits per heavy atom. The molecule has 2 atom stereocenters. The molecule has 0 saturated carbocycles. The summed E-state index contributed by atoms with van der Waals surface area (Å²) < 4.78 is 11.6. The Bertz CT molecular complexity index is 429. The average molecular weight is 331 g/mol. The van der Waals surface area contributed by atoms with E-state index in [9.17, 15) is 4.79 Å². The van der Waals surface area contributed by atoms with Crippen LogP contribution in [0, 0.1) is 0 Å². The fraction of sp³-hybridized carbons (Fsp3) is 0.615. The molecule has 0 aliphatic carbocycles. The normalized spacial score (nSPS) is 20.3. The molecular formula is C13H19BrN2O3. The summed E-state index contributed by atoms with van der Waals surface area (Å²) >= 11 is 3.24. The van der Waals surface area contributed by atoms with Gasteiger partial charge in [-0.3, -0.25) is 0 Å². The fourth-order valence-corrected chi connectivity index (χ4v) is 2.48. The first kappa shape index (κ1) is 14.4. The minimum absolute atomic E-state index is 0.0285. The molecule has 0 unspecified atom stereocenters. The van der Waals surface area contributed by atoms with E-state index in [1.807, 2.05) is 19.1 Å². The van der Waals surface area contributed by atoms with E-state index >= 15 is 0 Å². The number of hydrogen-bond acceptors (Lipinski definition) is 3.